The van der Waals surface area contributed by atoms with Gasteiger partial charge in [0.1, 0.15) is 11.7 Å². The molecule has 0 unspecified atom stereocenters. The summed E-state index contributed by atoms with van der Waals surface area (Å²) in [5.74, 6) is -0.413. The van der Waals surface area contributed by atoms with E-state index in [4.69, 9.17) is 0 Å². The maximum atomic E-state index is 13.6. The Bertz CT molecular complexity index is 1270. The molecular formula is C32H42N4O3. The third-order valence-electron chi connectivity index (χ3n) is 7.48. The van der Waals surface area contributed by atoms with E-state index in [1.54, 1.807) is 6.07 Å². The SMILES string of the molecule is CC(C)C[C@H](NC(=O)c1cc2ccccc2[nH]1)C(=O)N[C@H](Cc1ccc(C(C)(C)C)cc1)C[C@@H]1CCNC1=O. The van der Waals surface area contributed by atoms with Gasteiger partial charge in [-0.3, -0.25) is 14.4 Å². The van der Waals surface area contributed by atoms with Crippen molar-refractivity contribution in [1.82, 2.24) is 20.9 Å². The fourth-order valence-electron chi connectivity index (χ4n) is 5.27. The first-order chi connectivity index (χ1) is 18.5. The van der Waals surface area contributed by atoms with Gasteiger partial charge in [0, 0.05) is 29.4 Å². The molecule has 4 N–H and O–H groups in total. The van der Waals surface area contributed by atoms with Gasteiger partial charge in [0.25, 0.3) is 5.91 Å². The first-order valence-corrected chi connectivity index (χ1v) is 14.1. The Balaban J connectivity index is 1.50. The molecule has 1 fully saturated rings. The van der Waals surface area contributed by atoms with Crippen LogP contribution in [0.4, 0.5) is 0 Å². The zero-order valence-electron chi connectivity index (χ0n) is 23.8. The number of carbonyl (C=O) groups excluding carboxylic acids is 3. The van der Waals surface area contributed by atoms with Gasteiger partial charge in [-0.25, -0.2) is 0 Å². The maximum absolute atomic E-state index is 13.6. The van der Waals surface area contributed by atoms with E-state index >= 15 is 0 Å². The lowest BCUT2D eigenvalue weighted by Gasteiger charge is -2.26. The van der Waals surface area contributed by atoms with E-state index in [-0.39, 0.29) is 41.0 Å². The lowest BCUT2D eigenvalue weighted by molar-refractivity contribution is -0.126. The van der Waals surface area contributed by atoms with E-state index in [1.807, 2.05) is 38.1 Å². The van der Waals surface area contributed by atoms with E-state index in [9.17, 15) is 14.4 Å². The summed E-state index contributed by atoms with van der Waals surface area (Å²) in [6.45, 7) is 11.3. The highest BCUT2D eigenvalue weighted by Crippen LogP contribution is 2.24. The molecule has 4 rings (SSSR count). The van der Waals surface area contributed by atoms with Crippen LogP contribution in [0, 0.1) is 11.8 Å². The molecule has 2 aromatic carbocycles. The number of amides is 3. The number of aromatic nitrogens is 1. The van der Waals surface area contributed by atoms with Crippen molar-refractivity contribution in [3.05, 3.63) is 71.4 Å². The molecule has 1 saturated heterocycles. The van der Waals surface area contributed by atoms with Crippen LogP contribution in [0.3, 0.4) is 0 Å². The number of hydrogen-bond acceptors (Lipinski definition) is 3. The minimum atomic E-state index is -0.688. The van der Waals surface area contributed by atoms with Crippen LogP contribution < -0.4 is 16.0 Å². The smallest absolute Gasteiger partial charge is 0.268 e. The Morgan fingerprint density at radius 1 is 1.03 bits per heavy atom. The highest BCUT2D eigenvalue weighted by molar-refractivity contribution is 6.00. The Labute approximate surface area is 231 Å². The molecule has 3 amide bonds. The third-order valence-corrected chi connectivity index (χ3v) is 7.48. The molecule has 7 nitrogen and oxygen atoms in total. The topological polar surface area (TPSA) is 103 Å². The Kier molecular flexibility index (Phi) is 8.78. The van der Waals surface area contributed by atoms with Crippen LogP contribution in [0.5, 0.6) is 0 Å². The molecular weight excluding hydrogens is 488 g/mol. The summed E-state index contributed by atoms with van der Waals surface area (Å²) in [6, 6.07) is 17.1. The predicted molar refractivity (Wildman–Crippen MR) is 156 cm³/mol. The van der Waals surface area contributed by atoms with E-state index in [2.05, 4.69) is 66.0 Å². The molecule has 7 heteroatoms. The van der Waals surface area contributed by atoms with Crippen LogP contribution in [0.1, 0.15) is 75.5 Å². The number of aromatic amines is 1. The standard InChI is InChI=1S/C32H42N4O3/c1-20(2)16-27(36-31(39)28-19-22-8-6-7-9-26(22)35-28)30(38)34-25(18-23-14-15-33-29(23)37)17-21-10-12-24(13-11-21)32(3,4)5/h6-13,19-20,23,25,27,35H,14-18H2,1-5H3,(H,33,37)(H,34,38)(H,36,39)/t23-,25+,27-/m0/s1. The van der Waals surface area contributed by atoms with Gasteiger partial charge in [-0.15, -0.1) is 0 Å². The van der Waals surface area contributed by atoms with Gasteiger partial charge >= 0.3 is 0 Å². The van der Waals surface area contributed by atoms with Crippen molar-refractivity contribution >= 4 is 28.6 Å². The number of benzene rings is 2. The van der Waals surface area contributed by atoms with Crippen molar-refractivity contribution in [3.8, 4) is 0 Å². The summed E-state index contributed by atoms with van der Waals surface area (Å²) in [4.78, 5) is 42.3. The van der Waals surface area contributed by atoms with Crippen molar-refractivity contribution in [3.63, 3.8) is 0 Å². The monoisotopic (exact) mass is 530 g/mol. The number of fused-ring (bicyclic) bond motifs is 1. The number of H-pyrrole nitrogens is 1. The molecule has 2 heterocycles. The number of rotatable bonds is 10. The van der Waals surface area contributed by atoms with Crippen molar-refractivity contribution in [2.24, 2.45) is 11.8 Å². The molecule has 1 aliphatic heterocycles. The van der Waals surface area contributed by atoms with Crippen LogP contribution in [0.2, 0.25) is 0 Å². The first-order valence-electron chi connectivity index (χ1n) is 14.1. The number of para-hydroxylation sites is 1. The largest absolute Gasteiger partial charge is 0.356 e. The molecule has 0 radical (unpaired) electrons. The second-order valence-corrected chi connectivity index (χ2v) is 12.3. The molecule has 0 aliphatic carbocycles. The normalized spacial score (nSPS) is 17.2. The molecule has 3 aromatic rings. The zero-order chi connectivity index (χ0) is 28.2. The highest BCUT2D eigenvalue weighted by atomic mass is 16.2. The van der Waals surface area contributed by atoms with Gasteiger partial charge in [0.2, 0.25) is 11.8 Å². The van der Waals surface area contributed by atoms with Crippen LogP contribution in [-0.2, 0) is 21.4 Å². The summed E-state index contributed by atoms with van der Waals surface area (Å²) in [5.41, 5.74) is 3.71. The van der Waals surface area contributed by atoms with Crippen LogP contribution in [0.25, 0.3) is 10.9 Å². The third kappa shape index (κ3) is 7.49. The number of carbonyl (C=O) groups is 3. The predicted octanol–water partition coefficient (Wildman–Crippen LogP) is 4.86. The maximum Gasteiger partial charge on any atom is 0.268 e. The molecule has 0 spiro atoms. The molecule has 3 atom stereocenters. The van der Waals surface area contributed by atoms with Crippen molar-refractivity contribution in [2.75, 3.05) is 6.54 Å². The molecule has 208 valence electrons. The van der Waals surface area contributed by atoms with Crippen molar-refractivity contribution in [1.29, 1.82) is 0 Å². The number of hydrogen-bond donors (Lipinski definition) is 4. The summed E-state index contributed by atoms with van der Waals surface area (Å²) in [7, 11) is 0. The van der Waals surface area contributed by atoms with E-state index in [1.165, 1.54) is 5.56 Å². The minimum absolute atomic E-state index is 0.0446. The van der Waals surface area contributed by atoms with Crippen LogP contribution >= 0.6 is 0 Å². The van der Waals surface area contributed by atoms with E-state index < -0.39 is 6.04 Å². The Morgan fingerprint density at radius 2 is 1.74 bits per heavy atom. The van der Waals surface area contributed by atoms with E-state index in [0.29, 0.717) is 31.5 Å². The van der Waals surface area contributed by atoms with Crippen molar-refractivity contribution < 1.29 is 14.4 Å². The highest BCUT2D eigenvalue weighted by Gasteiger charge is 2.30. The number of nitrogens with one attached hydrogen (secondary N) is 4. The van der Waals surface area contributed by atoms with Crippen LogP contribution in [-0.4, -0.2) is 41.3 Å². The lowest BCUT2D eigenvalue weighted by Crippen LogP contribution is -2.51. The molecule has 0 saturated carbocycles. The van der Waals surface area contributed by atoms with Gasteiger partial charge in [0.05, 0.1) is 0 Å². The van der Waals surface area contributed by atoms with Gasteiger partial charge in [-0.2, -0.15) is 0 Å². The Hall–Kier alpha value is -3.61. The van der Waals surface area contributed by atoms with E-state index in [0.717, 1.165) is 22.9 Å². The summed E-state index contributed by atoms with van der Waals surface area (Å²) < 4.78 is 0. The summed E-state index contributed by atoms with van der Waals surface area (Å²) >= 11 is 0. The molecule has 0 bridgehead atoms. The lowest BCUT2D eigenvalue weighted by atomic mass is 9.86. The Morgan fingerprint density at radius 3 is 2.36 bits per heavy atom. The van der Waals surface area contributed by atoms with Gasteiger partial charge < -0.3 is 20.9 Å². The second-order valence-electron chi connectivity index (χ2n) is 12.3. The fraction of sp³-hybridized carbons (Fsp3) is 0.469. The summed E-state index contributed by atoms with van der Waals surface area (Å²) in [5, 5.41) is 10.0. The molecule has 39 heavy (non-hydrogen) atoms. The molecule has 1 aromatic heterocycles. The summed E-state index contributed by atoms with van der Waals surface area (Å²) in [6.07, 6.45) is 2.45. The van der Waals surface area contributed by atoms with Gasteiger partial charge in [-0.05, 0) is 60.3 Å². The first kappa shape index (κ1) is 28.4. The molecule has 1 aliphatic rings. The second kappa shape index (κ2) is 12.1. The minimum Gasteiger partial charge on any atom is -0.356 e. The van der Waals surface area contributed by atoms with Gasteiger partial charge in [0.15, 0.2) is 0 Å². The van der Waals surface area contributed by atoms with Gasteiger partial charge in [-0.1, -0.05) is 77.1 Å². The fourth-order valence-corrected chi connectivity index (χ4v) is 5.27. The average Bonchev–Trinajstić information content (AvgIpc) is 3.49. The zero-order valence-corrected chi connectivity index (χ0v) is 23.8. The van der Waals surface area contributed by atoms with Crippen molar-refractivity contribution in [2.45, 2.75) is 77.8 Å². The van der Waals surface area contributed by atoms with Crippen LogP contribution in [0.15, 0.2) is 54.6 Å². The quantitative estimate of drug-likeness (QED) is 0.301. The average molecular weight is 531 g/mol.